The van der Waals surface area contributed by atoms with Crippen LogP contribution in [0.4, 0.5) is 10.1 Å². The highest BCUT2D eigenvalue weighted by atomic mass is 79.9. The van der Waals surface area contributed by atoms with Crippen molar-refractivity contribution < 1.29 is 18.8 Å². The molecule has 8 heteroatoms. The van der Waals surface area contributed by atoms with Crippen LogP contribution in [0.5, 0.6) is 11.5 Å². The first-order chi connectivity index (χ1) is 9.93. The number of halogens is 3. The summed E-state index contributed by atoms with van der Waals surface area (Å²) in [7, 11) is 0. The van der Waals surface area contributed by atoms with Gasteiger partial charge in [0, 0.05) is 12.1 Å². The molecule has 108 valence electrons. The third kappa shape index (κ3) is 3.27. The van der Waals surface area contributed by atoms with E-state index in [0.29, 0.717) is 6.29 Å². The minimum atomic E-state index is -0.711. The van der Waals surface area contributed by atoms with Gasteiger partial charge in [-0.15, -0.1) is 0 Å². The molecule has 0 amide bonds. The van der Waals surface area contributed by atoms with E-state index in [0.717, 1.165) is 6.07 Å². The number of rotatable bonds is 4. The van der Waals surface area contributed by atoms with Gasteiger partial charge in [0.1, 0.15) is 0 Å². The maximum atomic E-state index is 13.8. The lowest BCUT2D eigenvalue weighted by Crippen LogP contribution is -1.96. The topological polar surface area (TPSA) is 69.4 Å². The van der Waals surface area contributed by atoms with E-state index >= 15 is 0 Å². The van der Waals surface area contributed by atoms with Crippen molar-refractivity contribution >= 4 is 43.8 Å². The predicted octanol–water partition coefficient (Wildman–Crippen LogP) is 4.86. The SMILES string of the molecule is O=Cc1cccc(F)c1Oc1c(Br)cc([N+](=O)[O-])cc1Br. The zero-order chi connectivity index (χ0) is 15.6. The van der Waals surface area contributed by atoms with Crippen LogP contribution in [-0.4, -0.2) is 11.2 Å². The van der Waals surface area contributed by atoms with Crippen LogP contribution in [0.2, 0.25) is 0 Å². The normalized spacial score (nSPS) is 10.2. The number of hydrogen-bond acceptors (Lipinski definition) is 4. The first-order valence-corrected chi connectivity index (χ1v) is 7.07. The number of nitro groups is 1. The monoisotopic (exact) mass is 417 g/mol. The summed E-state index contributed by atoms with van der Waals surface area (Å²) in [4.78, 5) is 21.1. The maximum absolute atomic E-state index is 13.8. The third-order valence-electron chi connectivity index (χ3n) is 2.52. The highest BCUT2D eigenvalue weighted by molar-refractivity contribution is 9.11. The molecule has 2 rings (SSSR count). The first-order valence-electron chi connectivity index (χ1n) is 5.49. The van der Waals surface area contributed by atoms with Gasteiger partial charge in [0.25, 0.3) is 5.69 Å². The second kappa shape index (κ2) is 6.31. The zero-order valence-corrected chi connectivity index (χ0v) is 13.4. The molecule has 0 saturated carbocycles. The lowest BCUT2D eigenvalue weighted by molar-refractivity contribution is -0.385. The Kier molecular flexibility index (Phi) is 4.69. The Labute approximate surface area is 135 Å². The maximum Gasteiger partial charge on any atom is 0.271 e. The molecule has 2 aromatic rings. The zero-order valence-electron chi connectivity index (χ0n) is 10.2. The smallest absolute Gasteiger partial charge is 0.271 e. The van der Waals surface area contributed by atoms with Crippen molar-refractivity contribution in [2.75, 3.05) is 0 Å². The number of para-hydroxylation sites is 1. The molecular weight excluding hydrogens is 413 g/mol. The van der Waals surface area contributed by atoms with Crippen LogP contribution in [0.3, 0.4) is 0 Å². The fraction of sp³-hybridized carbons (Fsp3) is 0. The molecule has 0 unspecified atom stereocenters. The quantitative estimate of drug-likeness (QED) is 0.403. The van der Waals surface area contributed by atoms with Crippen molar-refractivity contribution in [2.45, 2.75) is 0 Å². The summed E-state index contributed by atoms with van der Waals surface area (Å²) < 4.78 is 19.7. The van der Waals surface area contributed by atoms with E-state index in [9.17, 15) is 19.3 Å². The predicted molar refractivity (Wildman–Crippen MR) is 80.4 cm³/mol. The number of carbonyl (C=O) groups is 1. The summed E-state index contributed by atoms with van der Waals surface area (Å²) in [5.41, 5.74) is -0.127. The van der Waals surface area contributed by atoms with Crippen LogP contribution >= 0.6 is 31.9 Å². The highest BCUT2D eigenvalue weighted by Gasteiger charge is 2.18. The van der Waals surface area contributed by atoms with Gasteiger partial charge >= 0.3 is 0 Å². The molecule has 0 aliphatic heterocycles. The van der Waals surface area contributed by atoms with Gasteiger partial charge in [-0.05, 0) is 44.0 Å². The molecule has 5 nitrogen and oxygen atoms in total. The van der Waals surface area contributed by atoms with E-state index in [2.05, 4.69) is 31.9 Å². The molecule has 0 fully saturated rings. The van der Waals surface area contributed by atoms with Crippen molar-refractivity contribution in [3.63, 3.8) is 0 Å². The summed E-state index contributed by atoms with van der Waals surface area (Å²) in [6.07, 6.45) is 0.464. The van der Waals surface area contributed by atoms with Crippen LogP contribution in [0, 0.1) is 15.9 Å². The van der Waals surface area contributed by atoms with E-state index < -0.39 is 10.7 Å². The molecule has 2 aromatic carbocycles. The summed E-state index contributed by atoms with van der Waals surface area (Å²) in [5, 5.41) is 10.7. The average molecular weight is 419 g/mol. The minimum absolute atomic E-state index is 0.0344. The van der Waals surface area contributed by atoms with Crippen LogP contribution in [0.25, 0.3) is 0 Å². The van der Waals surface area contributed by atoms with E-state index in [-0.39, 0.29) is 31.7 Å². The molecule has 0 heterocycles. The standard InChI is InChI=1S/C13H6Br2FNO4/c14-9-4-8(17(19)20)5-10(15)13(9)21-12-7(6-18)2-1-3-11(12)16/h1-6H. The van der Waals surface area contributed by atoms with E-state index in [4.69, 9.17) is 4.74 Å². The molecule has 0 bridgehead atoms. The molecule has 0 spiro atoms. The van der Waals surface area contributed by atoms with Crippen LogP contribution in [-0.2, 0) is 0 Å². The lowest BCUT2D eigenvalue weighted by Gasteiger charge is -2.12. The number of nitrogens with zero attached hydrogens (tertiary/aromatic N) is 1. The number of hydrogen-bond donors (Lipinski definition) is 0. The Morgan fingerprint density at radius 2 is 1.81 bits per heavy atom. The van der Waals surface area contributed by atoms with Gasteiger partial charge in [-0.1, -0.05) is 6.07 Å². The fourth-order valence-electron chi connectivity index (χ4n) is 1.58. The van der Waals surface area contributed by atoms with Gasteiger partial charge in [-0.2, -0.15) is 0 Å². The molecule has 21 heavy (non-hydrogen) atoms. The van der Waals surface area contributed by atoms with Gasteiger partial charge in [0.15, 0.2) is 23.6 Å². The van der Waals surface area contributed by atoms with Crippen molar-refractivity contribution in [1.82, 2.24) is 0 Å². The van der Waals surface area contributed by atoms with Crippen molar-refractivity contribution in [2.24, 2.45) is 0 Å². The van der Waals surface area contributed by atoms with Crippen LogP contribution < -0.4 is 4.74 Å². The molecule has 0 radical (unpaired) electrons. The average Bonchev–Trinajstić information content (AvgIpc) is 2.43. The van der Waals surface area contributed by atoms with E-state index in [1.807, 2.05) is 0 Å². The van der Waals surface area contributed by atoms with Gasteiger partial charge in [-0.25, -0.2) is 4.39 Å². The summed E-state index contributed by atoms with van der Waals surface area (Å²) >= 11 is 6.25. The molecule has 0 saturated heterocycles. The largest absolute Gasteiger partial charge is 0.451 e. The molecule has 0 aromatic heterocycles. The Morgan fingerprint density at radius 3 is 2.33 bits per heavy atom. The third-order valence-corrected chi connectivity index (χ3v) is 3.70. The summed E-state index contributed by atoms with van der Waals surface area (Å²) in [6, 6.07) is 6.38. The molecule has 0 atom stereocenters. The second-order valence-electron chi connectivity index (χ2n) is 3.87. The molecular formula is C13H6Br2FNO4. The number of aldehydes is 1. The fourth-order valence-corrected chi connectivity index (χ4v) is 2.90. The number of non-ortho nitro benzene ring substituents is 1. The van der Waals surface area contributed by atoms with Crippen LogP contribution in [0.15, 0.2) is 39.3 Å². The van der Waals surface area contributed by atoms with Crippen molar-refractivity contribution in [3.05, 3.63) is 60.8 Å². The van der Waals surface area contributed by atoms with Crippen LogP contribution in [0.1, 0.15) is 10.4 Å². The first kappa shape index (κ1) is 15.6. The van der Waals surface area contributed by atoms with Gasteiger partial charge in [0.2, 0.25) is 0 Å². The lowest BCUT2D eigenvalue weighted by atomic mass is 10.2. The van der Waals surface area contributed by atoms with Crippen molar-refractivity contribution in [1.29, 1.82) is 0 Å². The van der Waals surface area contributed by atoms with Gasteiger partial charge in [-0.3, -0.25) is 14.9 Å². The molecule has 0 aliphatic carbocycles. The molecule has 0 N–H and O–H groups in total. The van der Waals surface area contributed by atoms with Gasteiger partial charge < -0.3 is 4.74 Å². The van der Waals surface area contributed by atoms with Gasteiger partial charge in [0.05, 0.1) is 19.4 Å². The number of ether oxygens (including phenoxy) is 1. The Bertz CT molecular complexity index is 713. The summed E-state index contributed by atoms with van der Waals surface area (Å²) in [6.45, 7) is 0. The molecule has 0 aliphatic rings. The highest BCUT2D eigenvalue weighted by Crippen LogP contribution is 2.40. The summed E-state index contributed by atoms with van der Waals surface area (Å²) in [5.74, 6) is -0.826. The number of carbonyl (C=O) groups excluding carboxylic acids is 1. The van der Waals surface area contributed by atoms with E-state index in [1.54, 1.807) is 0 Å². The minimum Gasteiger partial charge on any atom is -0.451 e. The number of benzene rings is 2. The van der Waals surface area contributed by atoms with E-state index in [1.165, 1.54) is 24.3 Å². The Balaban J connectivity index is 2.50. The van der Waals surface area contributed by atoms with Crippen molar-refractivity contribution in [3.8, 4) is 11.5 Å². The number of nitro benzene ring substituents is 1. The Morgan fingerprint density at radius 1 is 1.19 bits per heavy atom. The second-order valence-corrected chi connectivity index (χ2v) is 5.58. The Hall–Kier alpha value is -1.80.